The molecule has 1 rings (SSSR count). The van der Waals surface area contributed by atoms with Crippen LogP contribution in [-0.2, 0) is 9.53 Å². The fourth-order valence-electron chi connectivity index (χ4n) is 1.03. The SMILES string of the molecule is CC(C)(C)C1OC(=O)C1(Cl)Cl. The molecule has 0 radical (unpaired) electrons. The minimum Gasteiger partial charge on any atom is -0.456 e. The molecule has 0 aliphatic carbocycles. The van der Waals surface area contributed by atoms with E-state index in [9.17, 15) is 4.79 Å². The van der Waals surface area contributed by atoms with E-state index in [4.69, 9.17) is 27.9 Å². The summed E-state index contributed by atoms with van der Waals surface area (Å²) in [6.07, 6.45) is -0.397. The molecule has 1 aliphatic heterocycles. The predicted molar refractivity (Wildman–Crippen MR) is 43.8 cm³/mol. The number of rotatable bonds is 0. The second-order valence-corrected chi connectivity index (χ2v) is 5.16. The molecule has 2 nitrogen and oxygen atoms in total. The van der Waals surface area contributed by atoms with Crippen molar-refractivity contribution in [2.45, 2.75) is 31.2 Å². The van der Waals surface area contributed by atoms with Crippen LogP contribution in [0.25, 0.3) is 0 Å². The summed E-state index contributed by atoms with van der Waals surface area (Å²) in [6.45, 7) is 5.76. The third-order valence-electron chi connectivity index (χ3n) is 1.61. The van der Waals surface area contributed by atoms with Gasteiger partial charge in [-0.15, -0.1) is 0 Å². The monoisotopic (exact) mass is 196 g/mol. The molecule has 1 fully saturated rings. The van der Waals surface area contributed by atoms with E-state index in [0.717, 1.165) is 0 Å². The molecule has 1 saturated heterocycles. The second-order valence-electron chi connectivity index (χ2n) is 3.77. The molecule has 1 atom stereocenters. The van der Waals surface area contributed by atoms with Crippen LogP contribution in [-0.4, -0.2) is 16.4 Å². The number of carbonyl (C=O) groups excluding carboxylic acids is 1. The van der Waals surface area contributed by atoms with E-state index in [2.05, 4.69) is 0 Å². The van der Waals surface area contributed by atoms with Crippen LogP contribution in [0.15, 0.2) is 0 Å². The van der Waals surface area contributed by atoms with E-state index < -0.39 is 16.4 Å². The lowest BCUT2D eigenvalue weighted by atomic mass is 9.84. The average molecular weight is 197 g/mol. The lowest BCUT2D eigenvalue weighted by Crippen LogP contribution is -2.60. The Hall–Kier alpha value is 0.0500. The molecule has 4 heteroatoms. The van der Waals surface area contributed by atoms with Gasteiger partial charge in [0.15, 0.2) is 6.10 Å². The lowest BCUT2D eigenvalue weighted by molar-refractivity contribution is -0.183. The third kappa shape index (κ3) is 1.34. The zero-order chi connectivity index (χ0) is 8.86. The molecule has 0 saturated carbocycles. The Bertz CT molecular complexity index is 193. The van der Waals surface area contributed by atoms with Crippen LogP contribution in [0.2, 0.25) is 0 Å². The molecule has 0 aromatic heterocycles. The fraction of sp³-hybridized carbons (Fsp3) is 0.857. The summed E-state index contributed by atoms with van der Waals surface area (Å²) in [6, 6.07) is 0. The topological polar surface area (TPSA) is 26.3 Å². The number of hydrogen-bond donors (Lipinski definition) is 0. The first-order valence-electron chi connectivity index (χ1n) is 3.35. The number of halogens is 2. The number of cyclic esters (lactones) is 1. The highest BCUT2D eigenvalue weighted by Crippen LogP contribution is 2.46. The van der Waals surface area contributed by atoms with E-state index >= 15 is 0 Å². The van der Waals surface area contributed by atoms with Gasteiger partial charge in [0.1, 0.15) is 0 Å². The van der Waals surface area contributed by atoms with Crippen LogP contribution in [0.3, 0.4) is 0 Å². The van der Waals surface area contributed by atoms with Crippen molar-refractivity contribution in [1.29, 1.82) is 0 Å². The zero-order valence-corrected chi connectivity index (χ0v) is 8.16. The Morgan fingerprint density at radius 1 is 1.45 bits per heavy atom. The first kappa shape index (κ1) is 9.14. The van der Waals surface area contributed by atoms with E-state index in [1.807, 2.05) is 20.8 Å². The molecule has 0 aromatic carbocycles. The molecule has 0 amide bonds. The van der Waals surface area contributed by atoms with Gasteiger partial charge in [0.25, 0.3) is 4.33 Å². The van der Waals surface area contributed by atoms with E-state index in [1.165, 1.54) is 0 Å². The van der Waals surface area contributed by atoms with Gasteiger partial charge in [0.05, 0.1) is 0 Å². The maximum absolute atomic E-state index is 10.7. The van der Waals surface area contributed by atoms with Crippen molar-refractivity contribution >= 4 is 29.2 Å². The zero-order valence-electron chi connectivity index (χ0n) is 6.65. The Balaban J connectivity index is 2.75. The van der Waals surface area contributed by atoms with Crippen molar-refractivity contribution in [2.24, 2.45) is 5.41 Å². The number of ether oxygens (including phenoxy) is 1. The molecule has 1 aliphatic rings. The van der Waals surface area contributed by atoms with Crippen molar-refractivity contribution in [2.75, 3.05) is 0 Å². The predicted octanol–water partition coefficient (Wildman–Crippen LogP) is 2.13. The maximum Gasteiger partial charge on any atom is 0.347 e. The summed E-state index contributed by atoms with van der Waals surface area (Å²) in [5.74, 6) is -0.541. The van der Waals surface area contributed by atoms with Gasteiger partial charge in [-0.1, -0.05) is 44.0 Å². The molecular weight excluding hydrogens is 187 g/mol. The molecule has 0 N–H and O–H groups in total. The van der Waals surface area contributed by atoms with Crippen LogP contribution in [0.1, 0.15) is 20.8 Å². The summed E-state index contributed by atoms with van der Waals surface area (Å²) in [5, 5.41) is 0. The first-order chi connectivity index (χ1) is 4.76. The number of alkyl halides is 2. The smallest absolute Gasteiger partial charge is 0.347 e. The molecule has 0 bridgehead atoms. The summed E-state index contributed by atoms with van der Waals surface area (Å²) in [4.78, 5) is 10.7. The fourth-order valence-corrected chi connectivity index (χ4v) is 1.86. The quantitative estimate of drug-likeness (QED) is 0.439. The van der Waals surface area contributed by atoms with E-state index in [0.29, 0.717) is 0 Å². The molecule has 0 aromatic rings. The molecule has 1 unspecified atom stereocenters. The molecule has 11 heavy (non-hydrogen) atoms. The number of hydrogen-bond acceptors (Lipinski definition) is 2. The van der Waals surface area contributed by atoms with Crippen LogP contribution >= 0.6 is 23.2 Å². The normalized spacial score (nSPS) is 29.2. The van der Waals surface area contributed by atoms with E-state index in [1.54, 1.807) is 0 Å². The van der Waals surface area contributed by atoms with Crippen molar-refractivity contribution in [3.63, 3.8) is 0 Å². The minimum atomic E-state index is -1.34. The van der Waals surface area contributed by atoms with Gasteiger partial charge >= 0.3 is 5.97 Å². The summed E-state index contributed by atoms with van der Waals surface area (Å²) >= 11 is 11.4. The standard InChI is InChI=1S/C7H10Cl2O2/c1-6(2,3)4-7(8,9)5(10)11-4/h4H,1-3H3. The Morgan fingerprint density at radius 3 is 2.00 bits per heavy atom. The third-order valence-corrected chi connectivity index (χ3v) is 2.32. The highest BCUT2D eigenvalue weighted by molar-refractivity contribution is 6.59. The minimum absolute atomic E-state index is 0.197. The van der Waals surface area contributed by atoms with Crippen molar-refractivity contribution in [3.05, 3.63) is 0 Å². The molecule has 0 spiro atoms. The van der Waals surface area contributed by atoms with E-state index in [-0.39, 0.29) is 5.41 Å². The summed E-state index contributed by atoms with van der Waals surface area (Å²) in [5.41, 5.74) is -0.197. The van der Waals surface area contributed by atoms with Crippen LogP contribution in [0.4, 0.5) is 0 Å². The van der Waals surface area contributed by atoms with Crippen molar-refractivity contribution < 1.29 is 9.53 Å². The molecule has 64 valence electrons. The Labute approximate surface area is 75.8 Å². The van der Waals surface area contributed by atoms with Gasteiger partial charge in [-0.2, -0.15) is 0 Å². The van der Waals surface area contributed by atoms with Gasteiger partial charge < -0.3 is 4.74 Å². The van der Waals surface area contributed by atoms with Crippen molar-refractivity contribution in [3.8, 4) is 0 Å². The van der Waals surface area contributed by atoms with Gasteiger partial charge in [-0.3, -0.25) is 0 Å². The van der Waals surface area contributed by atoms with Gasteiger partial charge in [0.2, 0.25) is 0 Å². The van der Waals surface area contributed by atoms with Crippen LogP contribution in [0, 0.1) is 5.41 Å². The first-order valence-corrected chi connectivity index (χ1v) is 4.11. The number of carbonyl (C=O) groups is 1. The van der Waals surface area contributed by atoms with Gasteiger partial charge in [-0.05, 0) is 0 Å². The molecule has 1 heterocycles. The van der Waals surface area contributed by atoms with Crippen LogP contribution < -0.4 is 0 Å². The Kier molecular flexibility index (Phi) is 1.88. The summed E-state index contributed by atoms with van der Waals surface area (Å²) in [7, 11) is 0. The average Bonchev–Trinajstić information content (AvgIpc) is 1.80. The highest BCUT2D eigenvalue weighted by Gasteiger charge is 2.60. The second kappa shape index (κ2) is 2.27. The largest absolute Gasteiger partial charge is 0.456 e. The highest BCUT2D eigenvalue weighted by atomic mass is 35.5. The molecular formula is C7H10Cl2O2. The maximum atomic E-state index is 10.7. The van der Waals surface area contributed by atoms with Crippen molar-refractivity contribution in [1.82, 2.24) is 0 Å². The Morgan fingerprint density at radius 2 is 1.91 bits per heavy atom. The lowest BCUT2D eigenvalue weighted by Gasteiger charge is -2.44. The number of esters is 1. The van der Waals surface area contributed by atoms with Gasteiger partial charge in [0, 0.05) is 5.41 Å². The summed E-state index contributed by atoms with van der Waals surface area (Å²) < 4.78 is 3.48. The van der Waals surface area contributed by atoms with Gasteiger partial charge in [-0.25, -0.2) is 4.79 Å². The van der Waals surface area contributed by atoms with Crippen LogP contribution in [0.5, 0.6) is 0 Å².